The van der Waals surface area contributed by atoms with Crippen LogP contribution in [0.1, 0.15) is 91.4 Å². The second-order valence-electron chi connectivity index (χ2n) is 9.30. The smallest absolute Gasteiger partial charge is 0.216 e. The van der Waals surface area contributed by atoms with Gasteiger partial charge in [0.2, 0.25) is 5.91 Å². The SMILES string of the molecule is CC(=O)NCCC[C@@H](C/C=C\CCC[C@@](CCC/C=C/CCCO)(NC(O)CN)C(C)=O)C(C)=O. The molecule has 0 heterocycles. The number of Topliss-reactive ketones (excluding diaryl/α,β-unsaturated/α-hetero) is 2. The van der Waals surface area contributed by atoms with E-state index < -0.39 is 11.8 Å². The lowest BCUT2D eigenvalue weighted by molar-refractivity contribution is -0.126. The Morgan fingerprint density at radius 1 is 0.914 bits per heavy atom. The zero-order valence-electron chi connectivity index (χ0n) is 22.1. The van der Waals surface area contributed by atoms with Gasteiger partial charge >= 0.3 is 0 Å². The van der Waals surface area contributed by atoms with E-state index in [2.05, 4.69) is 22.8 Å². The van der Waals surface area contributed by atoms with E-state index in [0.717, 1.165) is 51.4 Å². The van der Waals surface area contributed by atoms with Crippen LogP contribution < -0.4 is 16.4 Å². The third-order valence-electron chi connectivity index (χ3n) is 6.25. The van der Waals surface area contributed by atoms with Crippen molar-refractivity contribution in [2.75, 3.05) is 19.7 Å². The molecule has 8 heteroatoms. The molecule has 0 spiro atoms. The molecule has 0 saturated carbocycles. The van der Waals surface area contributed by atoms with Crippen molar-refractivity contribution in [1.82, 2.24) is 10.6 Å². The number of rotatable bonds is 22. The van der Waals surface area contributed by atoms with Gasteiger partial charge < -0.3 is 21.3 Å². The van der Waals surface area contributed by atoms with Crippen LogP contribution in [0.4, 0.5) is 0 Å². The number of aliphatic hydroxyl groups is 2. The maximum absolute atomic E-state index is 12.6. The molecule has 0 aliphatic rings. The molecule has 0 aromatic heterocycles. The van der Waals surface area contributed by atoms with Crippen molar-refractivity contribution in [1.29, 1.82) is 0 Å². The van der Waals surface area contributed by atoms with Crippen LogP contribution in [-0.4, -0.2) is 59.1 Å². The van der Waals surface area contributed by atoms with Crippen LogP contribution >= 0.6 is 0 Å². The zero-order chi connectivity index (χ0) is 26.5. The summed E-state index contributed by atoms with van der Waals surface area (Å²) in [6, 6.07) is 0. The Balaban J connectivity index is 4.76. The lowest BCUT2D eigenvalue weighted by atomic mass is 9.83. The van der Waals surface area contributed by atoms with E-state index in [0.29, 0.717) is 25.8 Å². The van der Waals surface area contributed by atoms with Gasteiger partial charge in [-0.05, 0) is 84.5 Å². The van der Waals surface area contributed by atoms with Crippen LogP contribution in [0.15, 0.2) is 24.3 Å². The van der Waals surface area contributed by atoms with Crippen LogP contribution in [0.2, 0.25) is 0 Å². The van der Waals surface area contributed by atoms with Gasteiger partial charge in [-0.2, -0.15) is 0 Å². The minimum absolute atomic E-state index is 0.00551. The third-order valence-corrected chi connectivity index (χ3v) is 6.25. The Bertz CT molecular complexity index is 665. The fraction of sp³-hybridized carbons (Fsp3) is 0.741. The van der Waals surface area contributed by atoms with Gasteiger partial charge in [0, 0.05) is 32.5 Å². The number of carbonyl (C=O) groups is 3. The largest absolute Gasteiger partial charge is 0.396 e. The highest BCUT2D eigenvalue weighted by molar-refractivity contribution is 5.86. The average Bonchev–Trinajstić information content (AvgIpc) is 2.80. The molecular weight excluding hydrogens is 446 g/mol. The summed E-state index contributed by atoms with van der Waals surface area (Å²) in [4.78, 5) is 35.5. The highest BCUT2D eigenvalue weighted by Gasteiger charge is 2.35. The highest BCUT2D eigenvalue weighted by Crippen LogP contribution is 2.24. The number of ketones is 2. The Morgan fingerprint density at radius 2 is 1.49 bits per heavy atom. The van der Waals surface area contributed by atoms with E-state index in [9.17, 15) is 19.5 Å². The molecule has 0 aliphatic heterocycles. The van der Waals surface area contributed by atoms with E-state index in [1.54, 1.807) is 13.8 Å². The monoisotopic (exact) mass is 495 g/mol. The van der Waals surface area contributed by atoms with Gasteiger partial charge in [-0.25, -0.2) is 0 Å². The molecule has 0 bridgehead atoms. The number of hydrogen-bond donors (Lipinski definition) is 5. The van der Waals surface area contributed by atoms with Gasteiger partial charge in [-0.1, -0.05) is 24.3 Å². The van der Waals surface area contributed by atoms with Crippen molar-refractivity contribution in [3.8, 4) is 0 Å². The maximum Gasteiger partial charge on any atom is 0.216 e. The molecule has 0 rings (SSSR count). The van der Waals surface area contributed by atoms with Gasteiger partial charge in [0.1, 0.15) is 17.8 Å². The molecule has 0 aliphatic carbocycles. The van der Waals surface area contributed by atoms with Gasteiger partial charge in [-0.15, -0.1) is 0 Å². The Morgan fingerprint density at radius 3 is 1.97 bits per heavy atom. The molecule has 6 N–H and O–H groups in total. The summed E-state index contributed by atoms with van der Waals surface area (Å²) in [7, 11) is 0. The number of aliphatic hydroxyl groups excluding tert-OH is 2. The van der Waals surface area contributed by atoms with Crippen LogP contribution in [0.3, 0.4) is 0 Å². The summed E-state index contributed by atoms with van der Waals surface area (Å²) >= 11 is 0. The predicted molar refractivity (Wildman–Crippen MR) is 141 cm³/mol. The molecule has 1 unspecified atom stereocenters. The first-order valence-electron chi connectivity index (χ1n) is 13.0. The summed E-state index contributed by atoms with van der Waals surface area (Å²) in [5, 5.41) is 24.8. The molecule has 0 saturated heterocycles. The summed E-state index contributed by atoms with van der Waals surface area (Å²) in [6.45, 7) is 5.44. The number of hydrogen-bond acceptors (Lipinski definition) is 7. The van der Waals surface area contributed by atoms with Crippen molar-refractivity contribution < 1.29 is 24.6 Å². The fourth-order valence-corrected chi connectivity index (χ4v) is 4.07. The minimum atomic E-state index is -0.941. The molecular formula is C27H49N3O5. The minimum Gasteiger partial charge on any atom is -0.396 e. The highest BCUT2D eigenvalue weighted by atomic mass is 16.3. The van der Waals surface area contributed by atoms with Crippen molar-refractivity contribution in [3.63, 3.8) is 0 Å². The summed E-state index contributed by atoms with van der Waals surface area (Å²) in [5.74, 6) is 0.0320. The van der Waals surface area contributed by atoms with E-state index in [1.807, 2.05) is 12.2 Å². The van der Waals surface area contributed by atoms with Crippen LogP contribution in [0.25, 0.3) is 0 Å². The normalized spacial score (nSPS) is 15.3. The van der Waals surface area contributed by atoms with Crippen molar-refractivity contribution in [3.05, 3.63) is 24.3 Å². The topological polar surface area (TPSA) is 142 Å². The molecule has 35 heavy (non-hydrogen) atoms. The molecule has 202 valence electrons. The molecule has 0 aromatic carbocycles. The predicted octanol–water partition coefficient (Wildman–Crippen LogP) is 2.92. The van der Waals surface area contributed by atoms with E-state index in [-0.39, 0.29) is 36.5 Å². The first-order valence-corrected chi connectivity index (χ1v) is 13.0. The lowest BCUT2D eigenvalue weighted by Crippen LogP contribution is -2.57. The molecule has 8 nitrogen and oxygen atoms in total. The number of nitrogens with one attached hydrogen (secondary N) is 2. The van der Waals surface area contributed by atoms with Gasteiger partial charge in [-0.3, -0.25) is 19.7 Å². The zero-order valence-corrected chi connectivity index (χ0v) is 22.1. The first kappa shape index (κ1) is 33.1. The Kier molecular flexibility index (Phi) is 19.2. The summed E-state index contributed by atoms with van der Waals surface area (Å²) < 4.78 is 0. The van der Waals surface area contributed by atoms with Crippen molar-refractivity contribution in [2.45, 2.75) is 103 Å². The number of unbranched alkanes of at least 4 members (excludes halogenated alkanes) is 3. The number of amides is 1. The van der Waals surface area contributed by atoms with Crippen molar-refractivity contribution in [2.24, 2.45) is 11.7 Å². The van der Waals surface area contributed by atoms with Crippen molar-refractivity contribution >= 4 is 17.5 Å². The maximum atomic E-state index is 12.6. The second-order valence-corrected chi connectivity index (χ2v) is 9.30. The van der Waals surface area contributed by atoms with Crippen LogP contribution in [-0.2, 0) is 14.4 Å². The van der Waals surface area contributed by atoms with E-state index in [4.69, 9.17) is 10.8 Å². The first-order chi connectivity index (χ1) is 16.7. The van der Waals surface area contributed by atoms with Gasteiger partial charge in [0.15, 0.2) is 0 Å². The van der Waals surface area contributed by atoms with Crippen LogP contribution in [0.5, 0.6) is 0 Å². The molecule has 0 fully saturated rings. The van der Waals surface area contributed by atoms with E-state index >= 15 is 0 Å². The van der Waals surface area contributed by atoms with E-state index in [1.165, 1.54) is 6.92 Å². The number of carbonyl (C=O) groups excluding carboxylic acids is 3. The summed E-state index contributed by atoms with van der Waals surface area (Å²) in [6.07, 6.45) is 15.4. The Hall–Kier alpha value is -1.87. The average molecular weight is 496 g/mol. The standard InChI is InChI=1S/C27H49N3O5/c1-22(32)25(16-14-19-29-24(3)34)15-10-6-8-12-18-27(23(2)33,30-26(35)21-28)17-11-7-4-5-9-13-20-31/h4-6,10,25-26,30-31,35H,7-9,11-21,28H2,1-3H3,(H,29,34)/b5-4+,10-6-/t25-,26?,27-/m1/s1. The third kappa shape index (κ3) is 16.4. The number of allylic oxidation sites excluding steroid dienone is 4. The van der Waals surface area contributed by atoms with Crippen LogP contribution in [0, 0.1) is 5.92 Å². The van der Waals surface area contributed by atoms with Gasteiger partial charge in [0.05, 0.1) is 5.54 Å². The lowest BCUT2D eigenvalue weighted by Gasteiger charge is -2.35. The molecule has 0 aromatic rings. The second kappa shape index (κ2) is 20.3. The quantitative estimate of drug-likeness (QED) is 0.0883. The van der Waals surface area contributed by atoms with Gasteiger partial charge in [0.25, 0.3) is 0 Å². The molecule has 3 atom stereocenters. The molecule has 1 amide bonds. The Labute approximate surface area is 211 Å². The molecule has 0 radical (unpaired) electrons. The summed E-state index contributed by atoms with van der Waals surface area (Å²) in [5.41, 5.74) is 4.77. The fourth-order valence-electron chi connectivity index (χ4n) is 4.07. The number of nitrogens with two attached hydrogens (primary N) is 1.